The first-order valence-electron chi connectivity index (χ1n) is 5.89. The second kappa shape index (κ2) is 5.45. The van der Waals surface area contributed by atoms with E-state index in [-0.39, 0.29) is 11.8 Å². The first-order valence-corrected chi connectivity index (χ1v) is 5.89. The van der Waals surface area contributed by atoms with Gasteiger partial charge in [0.1, 0.15) is 11.5 Å². The fourth-order valence-corrected chi connectivity index (χ4v) is 1.88. The van der Waals surface area contributed by atoms with E-state index >= 15 is 0 Å². The van der Waals surface area contributed by atoms with E-state index in [2.05, 4.69) is 5.32 Å². The summed E-state index contributed by atoms with van der Waals surface area (Å²) in [6.07, 6.45) is 0. The highest BCUT2D eigenvalue weighted by atomic mass is 16.5. The summed E-state index contributed by atoms with van der Waals surface area (Å²) < 4.78 is 5.07. The Morgan fingerprint density at radius 2 is 1.83 bits per heavy atom. The molecule has 0 bridgehead atoms. The van der Waals surface area contributed by atoms with Crippen molar-refractivity contribution in [3.8, 4) is 11.5 Å². The Bertz CT molecular complexity index is 511. The maximum absolute atomic E-state index is 9.95. The van der Waals surface area contributed by atoms with Crippen molar-refractivity contribution in [1.29, 1.82) is 0 Å². The van der Waals surface area contributed by atoms with E-state index in [1.165, 1.54) is 0 Å². The van der Waals surface area contributed by atoms with Crippen LogP contribution in [0.1, 0.15) is 18.5 Å². The summed E-state index contributed by atoms with van der Waals surface area (Å²) in [4.78, 5) is 0. The number of hydrogen-bond acceptors (Lipinski definition) is 3. The van der Waals surface area contributed by atoms with Gasteiger partial charge < -0.3 is 15.2 Å². The smallest absolute Gasteiger partial charge is 0.124 e. The van der Waals surface area contributed by atoms with Crippen LogP contribution in [-0.4, -0.2) is 12.2 Å². The van der Waals surface area contributed by atoms with Gasteiger partial charge in [-0.1, -0.05) is 18.2 Å². The highest BCUT2D eigenvalue weighted by molar-refractivity contribution is 5.48. The van der Waals surface area contributed by atoms with Crippen molar-refractivity contribution < 1.29 is 9.84 Å². The highest BCUT2D eigenvalue weighted by Crippen LogP contribution is 2.30. The molecular weight excluding hydrogens is 226 g/mol. The van der Waals surface area contributed by atoms with E-state index in [1.54, 1.807) is 13.2 Å². The Balaban J connectivity index is 2.16. The van der Waals surface area contributed by atoms with Crippen molar-refractivity contribution in [3.63, 3.8) is 0 Å². The number of phenols is 1. The number of methoxy groups -OCH3 is 1. The van der Waals surface area contributed by atoms with Crippen LogP contribution in [0.3, 0.4) is 0 Å². The predicted molar refractivity (Wildman–Crippen MR) is 73.1 cm³/mol. The number of hydrogen-bond donors (Lipinski definition) is 2. The summed E-state index contributed by atoms with van der Waals surface area (Å²) >= 11 is 0. The van der Waals surface area contributed by atoms with Gasteiger partial charge in [0.25, 0.3) is 0 Å². The Morgan fingerprint density at radius 1 is 1.11 bits per heavy atom. The standard InChI is InChI=1S/C15H17NO2/c1-11(16-12-6-4-3-5-7-12)14-9-8-13(18-2)10-15(14)17/h3-11,16-17H,1-2H3. The van der Waals surface area contributed by atoms with Gasteiger partial charge in [0, 0.05) is 17.3 Å². The van der Waals surface area contributed by atoms with E-state index in [0.29, 0.717) is 5.75 Å². The van der Waals surface area contributed by atoms with Gasteiger partial charge >= 0.3 is 0 Å². The molecule has 0 fully saturated rings. The van der Waals surface area contributed by atoms with Crippen molar-refractivity contribution in [2.45, 2.75) is 13.0 Å². The van der Waals surface area contributed by atoms with E-state index in [0.717, 1.165) is 11.3 Å². The molecule has 2 N–H and O–H groups in total. The molecule has 2 aromatic rings. The van der Waals surface area contributed by atoms with Crippen molar-refractivity contribution in [3.05, 3.63) is 54.1 Å². The molecule has 0 saturated heterocycles. The third-order valence-electron chi connectivity index (χ3n) is 2.86. The molecule has 0 heterocycles. The molecule has 1 unspecified atom stereocenters. The molecule has 18 heavy (non-hydrogen) atoms. The van der Waals surface area contributed by atoms with Gasteiger partial charge in [0.15, 0.2) is 0 Å². The lowest BCUT2D eigenvalue weighted by molar-refractivity contribution is 0.406. The van der Waals surface area contributed by atoms with E-state index in [1.807, 2.05) is 49.4 Å². The number of para-hydroxylation sites is 1. The molecule has 94 valence electrons. The van der Waals surface area contributed by atoms with Gasteiger partial charge in [-0.3, -0.25) is 0 Å². The number of benzene rings is 2. The first kappa shape index (κ1) is 12.3. The third kappa shape index (κ3) is 2.74. The van der Waals surface area contributed by atoms with E-state index in [9.17, 15) is 5.11 Å². The Hall–Kier alpha value is -2.16. The Morgan fingerprint density at radius 3 is 2.44 bits per heavy atom. The van der Waals surface area contributed by atoms with Crippen LogP contribution in [0.25, 0.3) is 0 Å². The van der Waals surface area contributed by atoms with Crippen LogP contribution < -0.4 is 10.1 Å². The summed E-state index contributed by atoms with van der Waals surface area (Å²) in [6.45, 7) is 2.01. The molecule has 1 atom stereocenters. The average molecular weight is 243 g/mol. The van der Waals surface area contributed by atoms with Crippen LogP contribution in [0.15, 0.2) is 48.5 Å². The van der Waals surface area contributed by atoms with Crippen molar-refractivity contribution in [2.24, 2.45) is 0 Å². The van der Waals surface area contributed by atoms with Crippen LogP contribution in [-0.2, 0) is 0 Å². The monoisotopic (exact) mass is 243 g/mol. The zero-order valence-corrected chi connectivity index (χ0v) is 10.6. The summed E-state index contributed by atoms with van der Waals surface area (Å²) in [7, 11) is 1.58. The number of phenolic OH excluding ortho intramolecular Hbond substituents is 1. The zero-order chi connectivity index (χ0) is 13.0. The fraction of sp³-hybridized carbons (Fsp3) is 0.200. The molecule has 2 aromatic carbocycles. The topological polar surface area (TPSA) is 41.5 Å². The lowest BCUT2D eigenvalue weighted by Crippen LogP contribution is -2.06. The van der Waals surface area contributed by atoms with Crippen LogP contribution in [0.4, 0.5) is 5.69 Å². The number of anilines is 1. The SMILES string of the molecule is COc1ccc(C(C)Nc2ccccc2)c(O)c1. The molecule has 0 aliphatic heterocycles. The maximum atomic E-state index is 9.95. The first-order chi connectivity index (χ1) is 8.70. The Labute approximate surface area is 107 Å². The molecule has 0 radical (unpaired) electrons. The second-order valence-corrected chi connectivity index (χ2v) is 4.16. The van der Waals surface area contributed by atoms with Crippen LogP contribution in [0.2, 0.25) is 0 Å². The van der Waals surface area contributed by atoms with Crippen LogP contribution in [0.5, 0.6) is 11.5 Å². The van der Waals surface area contributed by atoms with E-state index < -0.39 is 0 Å². The molecule has 3 heteroatoms. The molecule has 3 nitrogen and oxygen atoms in total. The van der Waals surface area contributed by atoms with Crippen molar-refractivity contribution >= 4 is 5.69 Å². The van der Waals surface area contributed by atoms with Gasteiger partial charge in [-0.15, -0.1) is 0 Å². The Kier molecular flexibility index (Phi) is 3.72. The molecule has 0 saturated carbocycles. The van der Waals surface area contributed by atoms with Gasteiger partial charge in [0.2, 0.25) is 0 Å². The largest absolute Gasteiger partial charge is 0.507 e. The minimum Gasteiger partial charge on any atom is -0.507 e. The zero-order valence-electron chi connectivity index (χ0n) is 10.6. The summed E-state index contributed by atoms with van der Waals surface area (Å²) in [5.41, 5.74) is 1.87. The minimum absolute atomic E-state index is 0.0262. The minimum atomic E-state index is 0.0262. The van der Waals surface area contributed by atoms with Gasteiger partial charge in [-0.25, -0.2) is 0 Å². The number of nitrogens with one attached hydrogen (secondary N) is 1. The summed E-state index contributed by atoms with van der Waals surface area (Å²) in [5, 5.41) is 13.3. The quantitative estimate of drug-likeness (QED) is 0.862. The fourth-order valence-electron chi connectivity index (χ4n) is 1.88. The molecule has 2 rings (SSSR count). The van der Waals surface area contributed by atoms with Gasteiger partial charge in [0.05, 0.1) is 13.2 Å². The summed E-state index contributed by atoms with van der Waals surface area (Å²) in [5.74, 6) is 0.897. The van der Waals surface area contributed by atoms with Crippen LogP contribution in [0, 0.1) is 0 Å². The molecular formula is C15H17NO2. The molecule has 0 aromatic heterocycles. The van der Waals surface area contributed by atoms with E-state index in [4.69, 9.17) is 4.74 Å². The van der Waals surface area contributed by atoms with Crippen molar-refractivity contribution in [2.75, 3.05) is 12.4 Å². The normalized spacial score (nSPS) is 11.9. The van der Waals surface area contributed by atoms with Crippen molar-refractivity contribution in [1.82, 2.24) is 0 Å². The molecule has 0 amide bonds. The second-order valence-electron chi connectivity index (χ2n) is 4.16. The van der Waals surface area contributed by atoms with Gasteiger partial charge in [-0.05, 0) is 31.2 Å². The average Bonchev–Trinajstić information content (AvgIpc) is 2.39. The molecule has 0 aliphatic rings. The highest BCUT2D eigenvalue weighted by Gasteiger charge is 2.10. The lowest BCUT2D eigenvalue weighted by Gasteiger charge is -2.17. The number of ether oxygens (including phenoxy) is 1. The molecule has 0 spiro atoms. The summed E-state index contributed by atoms with van der Waals surface area (Å²) in [6, 6.07) is 15.3. The third-order valence-corrected chi connectivity index (χ3v) is 2.86. The predicted octanol–water partition coefficient (Wildman–Crippen LogP) is 3.57. The maximum Gasteiger partial charge on any atom is 0.124 e. The lowest BCUT2D eigenvalue weighted by atomic mass is 10.1. The number of aromatic hydroxyl groups is 1. The van der Waals surface area contributed by atoms with Crippen LogP contribution >= 0.6 is 0 Å². The molecule has 0 aliphatic carbocycles. The number of rotatable bonds is 4. The van der Waals surface area contributed by atoms with Gasteiger partial charge in [-0.2, -0.15) is 0 Å².